The Hall–Kier alpha value is -0.470. The second kappa shape index (κ2) is 3.50. The second-order valence-corrected chi connectivity index (χ2v) is 4.13. The van der Waals surface area contributed by atoms with Crippen molar-refractivity contribution in [2.75, 3.05) is 5.75 Å². The first-order chi connectivity index (χ1) is 5.86. The van der Waals surface area contributed by atoms with Crippen molar-refractivity contribution in [3.8, 4) is 0 Å². The fraction of sp³-hybridized carbons (Fsp3) is 0.222. The molecule has 1 heterocycles. The molecule has 0 bridgehead atoms. The molecule has 3 heteroatoms. The summed E-state index contributed by atoms with van der Waals surface area (Å²) in [6.45, 7) is 0. The molecule has 0 fully saturated rings. The quantitative estimate of drug-likeness (QED) is 0.620. The molecule has 0 aromatic heterocycles. The summed E-state index contributed by atoms with van der Waals surface area (Å²) in [5.74, 6) is 1.09. The highest BCUT2D eigenvalue weighted by atomic mass is 35.5. The van der Waals surface area contributed by atoms with E-state index in [1.165, 1.54) is 4.90 Å². The van der Waals surface area contributed by atoms with Crippen LogP contribution in [0.2, 0.25) is 5.02 Å². The first-order valence-electron chi connectivity index (χ1n) is 3.81. The van der Waals surface area contributed by atoms with E-state index in [-0.39, 0.29) is 0 Å². The molecule has 1 aromatic carbocycles. The van der Waals surface area contributed by atoms with Gasteiger partial charge >= 0.3 is 0 Å². The highest BCUT2D eigenvalue weighted by Crippen LogP contribution is 2.33. The topological polar surface area (TPSA) is 12.4 Å². The van der Waals surface area contributed by atoms with E-state index >= 15 is 0 Å². The molecular formula is C9H8ClNS. The molecule has 0 saturated heterocycles. The smallest absolute Gasteiger partial charge is 0.0762 e. The third kappa shape index (κ3) is 1.65. The van der Waals surface area contributed by atoms with Gasteiger partial charge in [-0.25, -0.2) is 0 Å². The predicted octanol–water partition coefficient (Wildman–Crippen LogP) is 3.54. The zero-order chi connectivity index (χ0) is 8.39. The number of thioether (sulfide) groups is 1. The van der Waals surface area contributed by atoms with Gasteiger partial charge in [0.05, 0.1) is 5.69 Å². The van der Waals surface area contributed by atoms with Gasteiger partial charge in [-0.1, -0.05) is 11.6 Å². The molecule has 0 spiro atoms. The molecule has 2 rings (SSSR count). The molecule has 0 amide bonds. The standard InChI is InChI=1S/C9H8ClNS/c10-7-2-3-8-9(6-7)12-5-1-4-11-8/h2-4,6H,1,5H2. The van der Waals surface area contributed by atoms with Gasteiger partial charge in [0.25, 0.3) is 0 Å². The van der Waals surface area contributed by atoms with Gasteiger partial charge in [-0.3, -0.25) is 4.99 Å². The Balaban J connectivity index is 2.46. The van der Waals surface area contributed by atoms with Gasteiger partial charge in [-0.15, -0.1) is 11.8 Å². The van der Waals surface area contributed by atoms with Crippen LogP contribution in [0.1, 0.15) is 6.42 Å². The maximum absolute atomic E-state index is 5.86. The highest BCUT2D eigenvalue weighted by Gasteiger charge is 2.04. The molecule has 1 nitrogen and oxygen atoms in total. The number of rotatable bonds is 0. The molecule has 1 aliphatic rings. The lowest BCUT2D eigenvalue weighted by Crippen LogP contribution is -1.75. The molecule has 0 saturated carbocycles. The summed E-state index contributed by atoms with van der Waals surface area (Å²) in [5, 5.41) is 0.790. The van der Waals surface area contributed by atoms with Crippen molar-refractivity contribution in [1.82, 2.24) is 0 Å². The summed E-state index contributed by atoms with van der Waals surface area (Å²) >= 11 is 7.68. The number of fused-ring (bicyclic) bond motifs is 1. The summed E-state index contributed by atoms with van der Waals surface area (Å²) in [5.41, 5.74) is 1.04. The van der Waals surface area contributed by atoms with Crippen molar-refractivity contribution in [3.05, 3.63) is 23.2 Å². The minimum absolute atomic E-state index is 0.790. The molecule has 0 aliphatic carbocycles. The average molecular weight is 198 g/mol. The van der Waals surface area contributed by atoms with Gasteiger partial charge in [0.2, 0.25) is 0 Å². The van der Waals surface area contributed by atoms with Crippen molar-refractivity contribution in [3.63, 3.8) is 0 Å². The molecular weight excluding hydrogens is 190 g/mol. The van der Waals surface area contributed by atoms with E-state index in [4.69, 9.17) is 11.6 Å². The lowest BCUT2D eigenvalue weighted by molar-refractivity contribution is 1.35. The maximum atomic E-state index is 5.86. The van der Waals surface area contributed by atoms with Gasteiger partial charge in [-0.2, -0.15) is 0 Å². The van der Waals surface area contributed by atoms with Crippen LogP contribution < -0.4 is 0 Å². The van der Waals surface area contributed by atoms with Crippen LogP contribution >= 0.6 is 23.4 Å². The fourth-order valence-electron chi connectivity index (χ4n) is 1.09. The van der Waals surface area contributed by atoms with E-state index in [0.29, 0.717) is 0 Å². The maximum Gasteiger partial charge on any atom is 0.0762 e. The lowest BCUT2D eigenvalue weighted by Gasteiger charge is -2.01. The number of aliphatic imine (C=N–C) groups is 1. The number of hydrogen-bond acceptors (Lipinski definition) is 2. The Kier molecular flexibility index (Phi) is 2.38. The van der Waals surface area contributed by atoms with E-state index in [1.807, 2.05) is 36.2 Å². The minimum Gasteiger partial charge on any atom is -0.260 e. The van der Waals surface area contributed by atoms with Crippen molar-refractivity contribution in [2.24, 2.45) is 4.99 Å². The SMILES string of the molecule is Clc1ccc2c(c1)SCCC=N2. The Bertz CT molecular complexity index is 322. The van der Waals surface area contributed by atoms with Crippen molar-refractivity contribution in [2.45, 2.75) is 11.3 Å². The van der Waals surface area contributed by atoms with Crippen LogP contribution in [0.5, 0.6) is 0 Å². The molecule has 0 atom stereocenters. The van der Waals surface area contributed by atoms with Crippen LogP contribution in [0.25, 0.3) is 0 Å². The van der Waals surface area contributed by atoms with Crippen LogP contribution in [0.4, 0.5) is 5.69 Å². The summed E-state index contributed by atoms with van der Waals surface area (Å²) in [7, 11) is 0. The highest BCUT2D eigenvalue weighted by molar-refractivity contribution is 7.99. The first kappa shape index (κ1) is 8.14. The normalized spacial score (nSPS) is 15.4. The number of hydrogen-bond donors (Lipinski definition) is 0. The van der Waals surface area contributed by atoms with E-state index in [2.05, 4.69) is 4.99 Å². The number of halogens is 1. The lowest BCUT2D eigenvalue weighted by atomic mass is 10.3. The van der Waals surface area contributed by atoms with Gasteiger partial charge in [0, 0.05) is 21.9 Å². The molecule has 0 N–H and O–H groups in total. The zero-order valence-electron chi connectivity index (χ0n) is 6.46. The van der Waals surface area contributed by atoms with Gasteiger partial charge in [0.15, 0.2) is 0 Å². The summed E-state index contributed by atoms with van der Waals surface area (Å²) in [4.78, 5) is 5.51. The third-order valence-electron chi connectivity index (χ3n) is 1.66. The first-order valence-corrected chi connectivity index (χ1v) is 5.17. The fourth-order valence-corrected chi connectivity index (χ4v) is 2.25. The number of nitrogens with zero attached hydrogens (tertiary/aromatic N) is 1. The van der Waals surface area contributed by atoms with Gasteiger partial charge in [0.1, 0.15) is 0 Å². The van der Waals surface area contributed by atoms with Crippen molar-refractivity contribution >= 4 is 35.3 Å². The summed E-state index contributed by atoms with van der Waals surface area (Å²) in [6.07, 6.45) is 3.00. The van der Waals surface area contributed by atoms with Crippen LogP contribution in [-0.2, 0) is 0 Å². The monoisotopic (exact) mass is 197 g/mol. The molecule has 1 aliphatic heterocycles. The van der Waals surface area contributed by atoms with Gasteiger partial charge < -0.3 is 0 Å². The Morgan fingerprint density at radius 2 is 2.33 bits per heavy atom. The van der Waals surface area contributed by atoms with Gasteiger partial charge in [-0.05, 0) is 24.6 Å². The Labute approximate surface area is 80.8 Å². The van der Waals surface area contributed by atoms with E-state index in [0.717, 1.165) is 22.9 Å². The van der Waals surface area contributed by atoms with Crippen molar-refractivity contribution < 1.29 is 0 Å². The summed E-state index contributed by atoms with van der Waals surface area (Å²) < 4.78 is 0. The molecule has 0 unspecified atom stereocenters. The number of benzene rings is 1. The van der Waals surface area contributed by atoms with Crippen LogP contribution in [0, 0.1) is 0 Å². The minimum atomic E-state index is 0.790. The molecule has 0 radical (unpaired) electrons. The predicted molar refractivity (Wildman–Crippen MR) is 54.9 cm³/mol. The largest absolute Gasteiger partial charge is 0.260 e. The summed E-state index contributed by atoms with van der Waals surface area (Å²) in [6, 6.07) is 5.82. The average Bonchev–Trinajstić information content (AvgIpc) is 2.28. The Morgan fingerprint density at radius 3 is 3.25 bits per heavy atom. The van der Waals surface area contributed by atoms with E-state index in [9.17, 15) is 0 Å². The van der Waals surface area contributed by atoms with E-state index in [1.54, 1.807) is 0 Å². The van der Waals surface area contributed by atoms with Crippen molar-refractivity contribution in [1.29, 1.82) is 0 Å². The molecule has 1 aromatic rings. The molecule has 12 heavy (non-hydrogen) atoms. The zero-order valence-corrected chi connectivity index (χ0v) is 8.03. The molecule has 62 valence electrons. The van der Waals surface area contributed by atoms with Crippen LogP contribution in [0.3, 0.4) is 0 Å². The third-order valence-corrected chi connectivity index (χ3v) is 2.97. The van der Waals surface area contributed by atoms with Crippen LogP contribution in [0.15, 0.2) is 28.1 Å². The van der Waals surface area contributed by atoms with E-state index < -0.39 is 0 Å². The van der Waals surface area contributed by atoms with Crippen LogP contribution in [-0.4, -0.2) is 12.0 Å². The second-order valence-electron chi connectivity index (χ2n) is 2.56. The Morgan fingerprint density at radius 1 is 1.42 bits per heavy atom.